The monoisotopic (exact) mass is 1040 g/mol. The second-order valence-electron chi connectivity index (χ2n) is 22.7. The fourth-order valence-corrected chi connectivity index (χ4v) is 10.1. The molecule has 436 valence electrons. The molecule has 74 heavy (non-hydrogen) atoms. The summed E-state index contributed by atoms with van der Waals surface area (Å²) in [6.07, 6.45) is 76.3. The predicted molar refractivity (Wildman–Crippen MR) is 321 cm³/mol. The van der Waals surface area contributed by atoms with Gasteiger partial charge in [0.2, 0.25) is 0 Å². The van der Waals surface area contributed by atoms with Crippen molar-refractivity contribution < 1.29 is 28.6 Å². The SMILES string of the molecule is CCCC/C=C\CCCCCCCC(=O)OCC(COC(=O)CCCCCCCCCCCCCCCCC/C=C\CCCCCCCCCC)OC(=O)CCCCCCCCCCCCCCCCCCCC. The van der Waals surface area contributed by atoms with E-state index in [4.69, 9.17) is 14.2 Å². The zero-order chi connectivity index (χ0) is 53.6. The molecule has 0 bridgehead atoms. The van der Waals surface area contributed by atoms with Crippen LogP contribution in [0.1, 0.15) is 374 Å². The Morgan fingerprint density at radius 3 is 0.716 bits per heavy atom. The number of carbonyl (C=O) groups excluding carboxylic acids is 3. The first-order valence-corrected chi connectivity index (χ1v) is 33.3. The van der Waals surface area contributed by atoms with Crippen molar-refractivity contribution >= 4 is 17.9 Å². The predicted octanol–water partition coefficient (Wildman–Crippen LogP) is 22.6. The van der Waals surface area contributed by atoms with E-state index in [-0.39, 0.29) is 31.1 Å². The summed E-state index contributed by atoms with van der Waals surface area (Å²) in [7, 11) is 0. The van der Waals surface area contributed by atoms with Crippen LogP contribution in [0, 0.1) is 0 Å². The van der Waals surface area contributed by atoms with E-state index < -0.39 is 6.10 Å². The minimum atomic E-state index is -0.770. The fraction of sp³-hybridized carbons (Fsp3) is 0.897. The molecule has 0 aromatic carbocycles. The lowest BCUT2D eigenvalue weighted by molar-refractivity contribution is -0.167. The third-order valence-electron chi connectivity index (χ3n) is 15.2. The largest absolute Gasteiger partial charge is 0.462 e. The van der Waals surface area contributed by atoms with Gasteiger partial charge < -0.3 is 14.2 Å². The first kappa shape index (κ1) is 71.9. The highest BCUT2D eigenvalue weighted by atomic mass is 16.6. The molecule has 6 heteroatoms. The van der Waals surface area contributed by atoms with Gasteiger partial charge in [-0.15, -0.1) is 0 Å². The molecular formula is C68H128O6. The smallest absolute Gasteiger partial charge is 0.306 e. The van der Waals surface area contributed by atoms with E-state index in [1.807, 2.05) is 0 Å². The summed E-state index contributed by atoms with van der Waals surface area (Å²) >= 11 is 0. The van der Waals surface area contributed by atoms with Gasteiger partial charge in [0.15, 0.2) is 6.10 Å². The molecule has 0 radical (unpaired) electrons. The lowest BCUT2D eigenvalue weighted by Crippen LogP contribution is -2.30. The number of rotatable bonds is 62. The van der Waals surface area contributed by atoms with Gasteiger partial charge in [-0.25, -0.2) is 0 Å². The van der Waals surface area contributed by atoms with E-state index >= 15 is 0 Å². The second-order valence-corrected chi connectivity index (χ2v) is 22.7. The highest BCUT2D eigenvalue weighted by Gasteiger charge is 2.19. The number of ether oxygens (including phenoxy) is 3. The third kappa shape index (κ3) is 60.8. The Morgan fingerprint density at radius 1 is 0.257 bits per heavy atom. The van der Waals surface area contributed by atoms with Crippen molar-refractivity contribution in [1.82, 2.24) is 0 Å². The molecule has 0 fully saturated rings. The number of esters is 3. The third-order valence-corrected chi connectivity index (χ3v) is 15.2. The Bertz CT molecular complexity index is 1190. The number of unbranched alkanes of at least 4 members (excludes halogenated alkanes) is 47. The zero-order valence-corrected chi connectivity index (χ0v) is 50.1. The van der Waals surface area contributed by atoms with Gasteiger partial charge in [0.25, 0.3) is 0 Å². The van der Waals surface area contributed by atoms with Crippen molar-refractivity contribution in [2.24, 2.45) is 0 Å². The van der Waals surface area contributed by atoms with Crippen molar-refractivity contribution in [3.05, 3.63) is 24.3 Å². The van der Waals surface area contributed by atoms with Crippen molar-refractivity contribution in [3.8, 4) is 0 Å². The van der Waals surface area contributed by atoms with E-state index in [2.05, 4.69) is 45.1 Å². The normalized spacial score (nSPS) is 12.1. The molecule has 0 saturated heterocycles. The van der Waals surface area contributed by atoms with Crippen molar-refractivity contribution in [2.45, 2.75) is 380 Å². The van der Waals surface area contributed by atoms with Crippen LogP contribution >= 0.6 is 0 Å². The molecule has 1 atom stereocenters. The van der Waals surface area contributed by atoms with Crippen LogP contribution in [-0.2, 0) is 28.6 Å². The van der Waals surface area contributed by atoms with Crippen LogP contribution in [0.3, 0.4) is 0 Å². The topological polar surface area (TPSA) is 78.9 Å². The highest BCUT2D eigenvalue weighted by Crippen LogP contribution is 2.18. The van der Waals surface area contributed by atoms with Crippen LogP contribution in [-0.4, -0.2) is 37.2 Å². The van der Waals surface area contributed by atoms with Gasteiger partial charge in [0.1, 0.15) is 13.2 Å². The first-order chi connectivity index (χ1) is 36.5. The van der Waals surface area contributed by atoms with Crippen molar-refractivity contribution in [3.63, 3.8) is 0 Å². The molecule has 0 rings (SSSR count). The van der Waals surface area contributed by atoms with Crippen molar-refractivity contribution in [1.29, 1.82) is 0 Å². The van der Waals surface area contributed by atoms with Gasteiger partial charge in [-0.1, -0.05) is 315 Å². The van der Waals surface area contributed by atoms with E-state index in [1.54, 1.807) is 0 Å². The summed E-state index contributed by atoms with van der Waals surface area (Å²) in [5, 5.41) is 0. The van der Waals surface area contributed by atoms with E-state index in [9.17, 15) is 14.4 Å². The molecule has 0 saturated carbocycles. The van der Waals surface area contributed by atoms with Crippen LogP contribution in [0.5, 0.6) is 0 Å². The number of allylic oxidation sites excluding steroid dienone is 4. The summed E-state index contributed by atoms with van der Waals surface area (Å²) in [4.78, 5) is 38.3. The molecule has 0 aromatic heterocycles. The molecule has 6 nitrogen and oxygen atoms in total. The molecule has 0 aromatic rings. The quantitative estimate of drug-likeness (QED) is 0.0261. The number of hydrogen-bond donors (Lipinski definition) is 0. The number of carbonyl (C=O) groups is 3. The summed E-state index contributed by atoms with van der Waals surface area (Å²) in [5.41, 5.74) is 0. The molecule has 0 aliphatic heterocycles. The van der Waals surface area contributed by atoms with E-state index in [0.29, 0.717) is 19.3 Å². The Balaban J connectivity index is 4.16. The van der Waals surface area contributed by atoms with Gasteiger partial charge in [0.05, 0.1) is 0 Å². The lowest BCUT2D eigenvalue weighted by atomic mass is 10.0. The minimum absolute atomic E-state index is 0.0683. The maximum absolute atomic E-state index is 12.9. The molecule has 0 N–H and O–H groups in total. The standard InChI is InChI=1S/C68H128O6/c1-4-7-10-13-16-19-22-24-26-28-30-31-32-33-34-35-36-37-38-40-41-43-46-49-52-55-58-61-67(70)73-64-65(63-72-66(69)60-57-54-51-48-45-21-18-15-12-9-6-3)74-68(71)62-59-56-53-50-47-44-42-39-29-27-25-23-20-17-14-11-8-5-2/h15,18,28,30,65H,4-14,16-17,19-27,29,31-64H2,1-3H3/b18-15-,30-28-. The summed E-state index contributed by atoms with van der Waals surface area (Å²) in [6, 6.07) is 0. The van der Waals surface area contributed by atoms with Gasteiger partial charge in [-0.2, -0.15) is 0 Å². The molecule has 0 heterocycles. The van der Waals surface area contributed by atoms with Crippen LogP contribution in [0.25, 0.3) is 0 Å². The average Bonchev–Trinajstić information content (AvgIpc) is 3.40. The Hall–Kier alpha value is -2.11. The zero-order valence-electron chi connectivity index (χ0n) is 50.1. The summed E-state index contributed by atoms with van der Waals surface area (Å²) in [5.74, 6) is -0.851. The van der Waals surface area contributed by atoms with Crippen LogP contribution in [0.15, 0.2) is 24.3 Å². The van der Waals surface area contributed by atoms with Crippen LogP contribution in [0.4, 0.5) is 0 Å². The Kier molecular flexibility index (Phi) is 61.6. The average molecular weight is 1040 g/mol. The second kappa shape index (κ2) is 63.4. The highest BCUT2D eigenvalue weighted by molar-refractivity contribution is 5.71. The van der Waals surface area contributed by atoms with E-state index in [1.165, 1.54) is 270 Å². The fourth-order valence-electron chi connectivity index (χ4n) is 10.1. The van der Waals surface area contributed by atoms with Crippen molar-refractivity contribution in [2.75, 3.05) is 13.2 Å². The molecule has 1 unspecified atom stereocenters. The Morgan fingerprint density at radius 2 is 0.459 bits per heavy atom. The maximum Gasteiger partial charge on any atom is 0.306 e. The first-order valence-electron chi connectivity index (χ1n) is 33.3. The number of hydrogen-bond acceptors (Lipinski definition) is 6. The summed E-state index contributed by atoms with van der Waals surface area (Å²) in [6.45, 7) is 6.66. The molecule has 0 aliphatic carbocycles. The van der Waals surface area contributed by atoms with Crippen LogP contribution < -0.4 is 0 Å². The van der Waals surface area contributed by atoms with Gasteiger partial charge in [-0.3, -0.25) is 14.4 Å². The summed E-state index contributed by atoms with van der Waals surface area (Å²) < 4.78 is 16.9. The lowest BCUT2D eigenvalue weighted by Gasteiger charge is -2.18. The van der Waals surface area contributed by atoms with Gasteiger partial charge in [0, 0.05) is 19.3 Å². The van der Waals surface area contributed by atoms with Gasteiger partial charge in [-0.05, 0) is 64.2 Å². The molecule has 0 aliphatic rings. The Labute approximate surface area is 462 Å². The molecular weight excluding hydrogens is 913 g/mol. The minimum Gasteiger partial charge on any atom is -0.462 e. The van der Waals surface area contributed by atoms with E-state index in [0.717, 1.165) is 64.2 Å². The van der Waals surface area contributed by atoms with Crippen LogP contribution in [0.2, 0.25) is 0 Å². The molecule has 0 amide bonds. The maximum atomic E-state index is 12.9. The molecule has 0 spiro atoms. The van der Waals surface area contributed by atoms with Gasteiger partial charge >= 0.3 is 17.9 Å².